The van der Waals surface area contributed by atoms with Gasteiger partial charge in [-0.2, -0.15) is 0 Å². The lowest BCUT2D eigenvalue weighted by Crippen LogP contribution is -2.29. The van der Waals surface area contributed by atoms with Crippen molar-refractivity contribution in [2.45, 2.75) is 57.9 Å². The molecule has 0 amide bonds. The number of imidazole rings is 1. The van der Waals surface area contributed by atoms with Crippen LogP contribution in [0, 0.1) is 11.8 Å². The predicted octanol–water partition coefficient (Wildman–Crippen LogP) is 6.83. The van der Waals surface area contributed by atoms with Crippen molar-refractivity contribution in [2.24, 2.45) is 16.8 Å². The van der Waals surface area contributed by atoms with E-state index in [0.29, 0.717) is 12.0 Å². The zero-order chi connectivity index (χ0) is 23.1. The van der Waals surface area contributed by atoms with E-state index >= 15 is 0 Å². The summed E-state index contributed by atoms with van der Waals surface area (Å²) in [5.74, 6) is 3.31. The fraction of sp³-hybridized carbons (Fsp3) is 0.400. The van der Waals surface area contributed by atoms with Crippen LogP contribution in [0.5, 0.6) is 0 Å². The zero-order valence-corrected chi connectivity index (χ0v) is 20.2. The molecule has 6 rings (SSSR count). The van der Waals surface area contributed by atoms with Gasteiger partial charge in [-0.05, 0) is 71.9 Å². The van der Waals surface area contributed by atoms with Gasteiger partial charge in [-0.15, -0.1) is 0 Å². The number of aromatic nitrogens is 2. The quantitative estimate of drug-likeness (QED) is 0.447. The van der Waals surface area contributed by atoms with Crippen LogP contribution in [0.25, 0.3) is 28.0 Å². The van der Waals surface area contributed by atoms with Crippen LogP contribution in [0.3, 0.4) is 0 Å². The Kier molecular flexibility index (Phi) is 5.70. The van der Waals surface area contributed by atoms with Crippen LogP contribution in [-0.4, -0.2) is 28.3 Å². The number of hydrogen-bond acceptors (Lipinski definition) is 3. The average molecular weight is 451 g/mol. The molecule has 1 saturated carbocycles. The lowest BCUT2D eigenvalue weighted by molar-refractivity contribution is 0.588. The molecule has 1 saturated heterocycles. The molecular formula is C30H34N4. The number of rotatable bonds is 5. The van der Waals surface area contributed by atoms with Gasteiger partial charge in [0, 0.05) is 30.3 Å². The summed E-state index contributed by atoms with van der Waals surface area (Å²) in [5.41, 5.74) is 8.69. The third kappa shape index (κ3) is 4.27. The topological polar surface area (TPSA) is 53.1 Å². The second kappa shape index (κ2) is 8.99. The molecule has 2 N–H and O–H groups in total. The van der Waals surface area contributed by atoms with Crippen molar-refractivity contribution in [1.82, 2.24) is 15.3 Å². The van der Waals surface area contributed by atoms with E-state index in [9.17, 15) is 0 Å². The number of nitrogens with one attached hydrogen (secondary N) is 2. The van der Waals surface area contributed by atoms with Gasteiger partial charge in [0.05, 0.1) is 11.9 Å². The summed E-state index contributed by atoms with van der Waals surface area (Å²) >= 11 is 0. The van der Waals surface area contributed by atoms with E-state index in [1.165, 1.54) is 59.2 Å². The highest BCUT2D eigenvalue weighted by molar-refractivity contribution is 6.01. The number of nitrogens with zero attached hydrogens (tertiary/aromatic N) is 2. The van der Waals surface area contributed by atoms with Gasteiger partial charge in [0.15, 0.2) is 0 Å². The maximum Gasteiger partial charge on any atom is 0.109 e. The third-order valence-corrected chi connectivity index (χ3v) is 7.97. The fourth-order valence-electron chi connectivity index (χ4n) is 5.87. The number of aliphatic imine (C=N–C) groups is 1. The van der Waals surface area contributed by atoms with E-state index in [1.54, 1.807) is 0 Å². The molecule has 4 nitrogen and oxygen atoms in total. The number of H-pyrrole nitrogens is 1. The lowest BCUT2D eigenvalue weighted by atomic mass is 9.95. The van der Waals surface area contributed by atoms with E-state index in [0.717, 1.165) is 36.3 Å². The van der Waals surface area contributed by atoms with Crippen molar-refractivity contribution in [3.63, 3.8) is 0 Å². The number of hydrogen-bond donors (Lipinski definition) is 2. The van der Waals surface area contributed by atoms with Crippen LogP contribution in [0.1, 0.15) is 63.3 Å². The predicted molar refractivity (Wildman–Crippen MR) is 141 cm³/mol. The molecule has 4 atom stereocenters. The molecule has 0 radical (unpaired) electrons. The first kappa shape index (κ1) is 21.5. The van der Waals surface area contributed by atoms with Gasteiger partial charge in [-0.3, -0.25) is 4.99 Å². The molecule has 0 spiro atoms. The SMILES string of the molecule is C[C@@H]1CC[C@H](c2ncc(-c3ccc(-c4ccc(C5=CN=C([C@@H]6C[C@H](C)CN6)C5)cc4)cc3)[nH]2)C1. The fourth-order valence-corrected chi connectivity index (χ4v) is 5.87. The van der Waals surface area contributed by atoms with Crippen molar-refractivity contribution in [3.8, 4) is 22.4 Å². The van der Waals surface area contributed by atoms with Gasteiger partial charge in [0.1, 0.15) is 5.82 Å². The molecule has 3 heterocycles. The molecule has 34 heavy (non-hydrogen) atoms. The van der Waals surface area contributed by atoms with Crippen molar-refractivity contribution < 1.29 is 0 Å². The van der Waals surface area contributed by atoms with Crippen LogP contribution in [0.15, 0.2) is 65.9 Å². The molecule has 3 aliphatic rings. The van der Waals surface area contributed by atoms with Gasteiger partial charge >= 0.3 is 0 Å². The smallest absolute Gasteiger partial charge is 0.109 e. The normalized spacial score (nSPS) is 26.6. The van der Waals surface area contributed by atoms with Crippen LogP contribution in [-0.2, 0) is 0 Å². The number of benzene rings is 2. The van der Waals surface area contributed by atoms with E-state index in [4.69, 9.17) is 9.98 Å². The first-order chi connectivity index (χ1) is 16.6. The standard InChI is InChI=1S/C30H34N4/c1-19-3-4-25(13-19)30-33-18-29(34-30)24-11-9-22(10-12-24)21-5-7-23(8-6-21)26-15-28(32-17-26)27-14-20(2)16-31-27/h5-12,17-20,25,27,31H,3-4,13-16H2,1-2H3,(H,33,34)/t19-,20+,25+,27+/m1/s1. The van der Waals surface area contributed by atoms with Crippen LogP contribution < -0.4 is 5.32 Å². The highest BCUT2D eigenvalue weighted by Gasteiger charge is 2.27. The Morgan fingerprint density at radius 2 is 1.50 bits per heavy atom. The Bertz CT molecular complexity index is 1220. The van der Waals surface area contributed by atoms with Crippen molar-refractivity contribution in [2.75, 3.05) is 6.54 Å². The number of allylic oxidation sites excluding steroid dienone is 1. The second-order valence-electron chi connectivity index (χ2n) is 10.7. The Morgan fingerprint density at radius 3 is 2.15 bits per heavy atom. The summed E-state index contributed by atoms with van der Waals surface area (Å²) in [6.45, 7) is 5.76. The largest absolute Gasteiger partial charge is 0.342 e. The van der Waals surface area contributed by atoms with Crippen LogP contribution in [0.2, 0.25) is 0 Å². The Morgan fingerprint density at radius 1 is 0.794 bits per heavy atom. The summed E-state index contributed by atoms with van der Waals surface area (Å²) in [5, 5.41) is 3.61. The van der Waals surface area contributed by atoms with Crippen molar-refractivity contribution in [1.29, 1.82) is 0 Å². The van der Waals surface area contributed by atoms with Gasteiger partial charge in [0.2, 0.25) is 0 Å². The van der Waals surface area contributed by atoms with Gasteiger partial charge in [-0.25, -0.2) is 4.98 Å². The van der Waals surface area contributed by atoms with Gasteiger partial charge in [-0.1, -0.05) is 62.4 Å². The van der Waals surface area contributed by atoms with Gasteiger partial charge < -0.3 is 10.3 Å². The molecule has 1 aromatic heterocycles. The summed E-state index contributed by atoms with van der Waals surface area (Å²) in [4.78, 5) is 13.0. The lowest BCUT2D eigenvalue weighted by Gasteiger charge is -2.11. The minimum atomic E-state index is 0.453. The third-order valence-electron chi connectivity index (χ3n) is 7.97. The molecule has 2 aliphatic heterocycles. The van der Waals surface area contributed by atoms with Crippen molar-refractivity contribution in [3.05, 3.63) is 72.3 Å². The minimum Gasteiger partial charge on any atom is -0.342 e. The maximum absolute atomic E-state index is 4.74. The molecule has 174 valence electrons. The Hall–Kier alpha value is -2.98. The van der Waals surface area contributed by atoms with Crippen LogP contribution in [0.4, 0.5) is 0 Å². The molecule has 1 aliphatic carbocycles. The molecule has 2 fully saturated rings. The molecular weight excluding hydrogens is 416 g/mol. The summed E-state index contributed by atoms with van der Waals surface area (Å²) in [6, 6.07) is 18.2. The summed E-state index contributed by atoms with van der Waals surface area (Å²) in [6.07, 6.45) is 10.0. The van der Waals surface area contributed by atoms with E-state index in [1.807, 2.05) is 6.20 Å². The molecule has 4 heteroatoms. The highest BCUT2D eigenvalue weighted by atomic mass is 15.0. The molecule has 3 aromatic rings. The molecule has 0 unspecified atom stereocenters. The minimum absolute atomic E-state index is 0.453. The first-order valence-corrected chi connectivity index (χ1v) is 12.9. The van der Waals surface area contributed by atoms with E-state index < -0.39 is 0 Å². The van der Waals surface area contributed by atoms with E-state index in [-0.39, 0.29) is 0 Å². The Labute approximate surface area is 202 Å². The monoisotopic (exact) mass is 450 g/mol. The van der Waals surface area contributed by atoms with Crippen LogP contribution >= 0.6 is 0 Å². The highest BCUT2D eigenvalue weighted by Crippen LogP contribution is 2.37. The molecule has 0 bridgehead atoms. The summed E-state index contributed by atoms with van der Waals surface area (Å²) in [7, 11) is 0. The van der Waals surface area contributed by atoms with E-state index in [2.05, 4.69) is 78.9 Å². The number of aromatic amines is 1. The van der Waals surface area contributed by atoms with Crippen molar-refractivity contribution >= 4 is 11.3 Å². The zero-order valence-electron chi connectivity index (χ0n) is 20.2. The maximum atomic E-state index is 4.74. The first-order valence-electron chi connectivity index (χ1n) is 12.9. The Balaban J connectivity index is 1.11. The summed E-state index contributed by atoms with van der Waals surface area (Å²) < 4.78 is 0. The second-order valence-corrected chi connectivity index (χ2v) is 10.7. The molecule has 2 aromatic carbocycles. The van der Waals surface area contributed by atoms with Gasteiger partial charge in [0.25, 0.3) is 0 Å². The average Bonchev–Trinajstić information content (AvgIpc) is 3.66.